The largest absolute Gasteiger partial charge is 0.205 e. The number of rotatable bonds is 3. The molecule has 0 saturated heterocycles. The Labute approximate surface area is 117 Å². The summed E-state index contributed by atoms with van der Waals surface area (Å²) in [6, 6.07) is 12.9. The summed E-state index contributed by atoms with van der Waals surface area (Å²) in [5.41, 5.74) is 1.19. The molecule has 0 unspecified atom stereocenters. The van der Waals surface area contributed by atoms with Crippen molar-refractivity contribution in [1.29, 1.82) is 0 Å². The van der Waals surface area contributed by atoms with E-state index in [1.807, 2.05) is 24.3 Å². The first-order valence-electron chi connectivity index (χ1n) is 4.97. The summed E-state index contributed by atoms with van der Waals surface area (Å²) >= 11 is 10.6. The van der Waals surface area contributed by atoms with Crippen molar-refractivity contribution in [2.45, 2.75) is 10.6 Å². The van der Waals surface area contributed by atoms with Crippen LogP contribution in [0.2, 0.25) is 5.02 Å². The van der Waals surface area contributed by atoms with Gasteiger partial charge in [0, 0.05) is 15.1 Å². The fraction of sp³-hybridized carbons (Fsp3) is 0.0769. The minimum Gasteiger partial charge on any atom is -0.205 e. The van der Waals surface area contributed by atoms with Gasteiger partial charge in [-0.15, -0.1) is 11.8 Å². The molecule has 0 nitrogen and oxygen atoms in total. The lowest BCUT2D eigenvalue weighted by Crippen LogP contribution is -1.82. The normalized spacial score (nSPS) is 10.5. The molecule has 0 atom stereocenters. The Bertz CT molecular complexity index is 531. The molecule has 0 aliphatic carbocycles. The molecule has 0 spiro atoms. The van der Waals surface area contributed by atoms with Gasteiger partial charge in [0.15, 0.2) is 0 Å². The summed E-state index contributed by atoms with van der Waals surface area (Å²) in [4.78, 5) is 0.881. The molecule has 0 aromatic heterocycles. The maximum atomic E-state index is 13.2. The molecule has 0 amide bonds. The highest BCUT2D eigenvalue weighted by atomic mass is 79.9. The highest BCUT2D eigenvalue weighted by Gasteiger charge is 2.02. The van der Waals surface area contributed by atoms with Crippen LogP contribution in [-0.2, 0) is 5.75 Å². The average Bonchev–Trinajstić information content (AvgIpc) is 2.31. The van der Waals surface area contributed by atoms with E-state index in [0.29, 0.717) is 0 Å². The van der Waals surface area contributed by atoms with Crippen LogP contribution in [0.25, 0.3) is 0 Å². The summed E-state index contributed by atoms with van der Waals surface area (Å²) in [7, 11) is 0. The molecular formula is C13H9BrClFS. The van der Waals surface area contributed by atoms with E-state index in [1.165, 1.54) is 11.6 Å². The third-order valence-corrected chi connectivity index (χ3v) is 4.05. The van der Waals surface area contributed by atoms with E-state index in [0.717, 1.165) is 15.1 Å². The molecule has 0 heterocycles. The van der Waals surface area contributed by atoms with Crippen LogP contribution in [0.3, 0.4) is 0 Å². The van der Waals surface area contributed by atoms with Crippen LogP contribution in [-0.4, -0.2) is 0 Å². The predicted octanol–water partition coefficient (Wildman–Crippen LogP) is 5.53. The van der Waals surface area contributed by atoms with Gasteiger partial charge in [0.2, 0.25) is 0 Å². The standard InChI is InChI=1S/C13H9BrClFS/c14-10-3-1-2-9(6-10)8-17-11-4-5-12(15)13(16)7-11/h1-7H,8H2. The van der Waals surface area contributed by atoms with Crippen LogP contribution in [0.1, 0.15) is 5.56 Å². The van der Waals surface area contributed by atoms with Gasteiger partial charge in [0.25, 0.3) is 0 Å². The molecule has 2 aromatic carbocycles. The Hall–Kier alpha value is -0.510. The first-order valence-corrected chi connectivity index (χ1v) is 7.13. The molecule has 0 aliphatic heterocycles. The van der Waals surface area contributed by atoms with Crippen molar-refractivity contribution in [3.05, 3.63) is 63.3 Å². The minimum atomic E-state index is -0.370. The maximum absolute atomic E-state index is 13.2. The lowest BCUT2D eigenvalue weighted by atomic mass is 10.2. The molecule has 88 valence electrons. The molecule has 17 heavy (non-hydrogen) atoms. The molecule has 0 fully saturated rings. The Kier molecular flexibility index (Phi) is 4.48. The van der Waals surface area contributed by atoms with Crippen LogP contribution in [0.5, 0.6) is 0 Å². The Morgan fingerprint density at radius 3 is 2.71 bits per heavy atom. The highest BCUT2D eigenvalue weighted by Crippen LogP contribution is 2.27. The van der Waals surface area contributed by atoms with Gasteiger partial charge >= 0.3 is 0 Å². The smallest absolute Gasteiger partial charge is 0.142 e. The van der Waals surface area contributed by atoms with Crippen molar-refractivity contribution in [2.75, 3.05) is 0 Å². The number of benzene rings is 2. The van der Waals surface area contributed by atoms with E-state index in [4.69, 9.17) is 11.6 Å². The Balaban J connectivity index is 2.05. The van der Waals surface area contributed by atoms with Crippen molar-refractivity contribution < 1.29 is 4.39 Å². The second-order valence-corrected chi connectivity index (χ2v) is 5.87. The van der Waals surface area contributed by atoms with Crippen molar-refractivity contribution in [2.24, 2.45) is 0 Å². The molecule has 4 heteroatoms. The number of halogens is 3. The lowest BCUT2D eigenvalue weighted by molar-refractivity contribution is 0.624. The van der Waals surface area contributed by atoms with Crippen molar-refractivity contribution >= 4 is 39.3 Å². The van der Waals surface area contributed by atoms with Gasteiger partial charge in [-0.25, -0.2) is 4.39 Å². The van der Waals surface area contributed by atoms with E-state index >= 15 is 0 Å². The third kappa shape index (κ3) is 3.73. The quantitative estimate of drug-likeness (QED) is 0.666. The highest BCUT2D eigenvalue weighted by molar-refractivity contribution is 9.10. The summed E-state index contributed by atoms with van der Waals surface area (Å²) in [6.45, 7) is 0. The lowest BCUT2D eigenvalue weighted by Gasteiger charge is -2.03. The number of hydrogen-bond acceptors (Lipinski definition) is 1. The fourth-order valence-corrected chi connectivity index (χ4v) is 2.79. The molecule has 0 bridgehead atoms. The summed E-state index contributed by atoms with van der Waals surface area (Å²) in [5, 5.41) is 0.164. The van der Waals surface area contributed by atoms with Crippen LogP contribution in [0.15, 0.2) is 51.8 Å². The van der Waals surface area contributed by atoms with Gasteiger partial charge in [-0.3, -0.25) is 0 Å². The van der Waals surface area contributed by atoms with Crippen LogP contribution >= 0.6 is 39.3 Å². The van der Waals surface area contributed by atoms with E-state index in [2.05, 4.69) is 22.0 Å². The molecule has 0 aliphatic rings. The SMILES string of the molecule is Fc1cc(SCc2cccc(Br)c2)ccc1Cl. The van der Waals surface area contributed by atoms with Gasteiger partial charge in [-0.2, -0.15) is 0 Å². The summed E-state index contributed by atoms with van der Waals surface area (Å²) < 4.78 is 14.3. The van der Waals surface area contributed by atoms with Crippen molar-refractivity contribution in [3.8, 4) is 0 Å². The van der Waals surface area contributed by atoms with E-state index in [1.54, 1.807) is 17.8 Å². The van der Waals surface area contributed by atoms with Crippen LogP contribution < -0.4 is 0 Å². The second kappa shape index (κ2) is 5.89. The Morgan fingerprint density at radius 2 is 2.00 bits per heavy atom. The van der Waals surface area contributed by atoms with Gasteiger partial charge < -0.3 is 0 Å². The second-order valence-electron chi connectivity index (χ2n) is 3.49. The Morgan fingerprint density at radius 1 is 1.18 bits per heavy atom. The fourth-order valence-electron chi connectivity index (χ4n) is 1.36. The van der Waals surface area contributed by atoms with Crippen LogP contribution in [0.4, 0.5) is 4.39 Å². The monoisotopic (exact) mass is 330 g/mol. The molecular weight excluding hydrogens is 323 g/mol. The van der Waals surface area contributed by atoms with E-state index in [-0.39, 0.29) is 10.8 Å². The average molecular weight is 332 g/mol. The van der Waals surface area contributed by atoms with Gasteiger partial charge in [-0.1, -0.05) is 39.7 Å². The first-order chi connectivity index (χ1) is 8.15. The van der Waals surface area contributed by atoms with Gasteiger partial charge in [-0.05, 0) is 35.9 Å². The predicted molar refractivity (Wildman–Crippen MR) is 75.1 cm³/mol. The van der Waals surface area contributed by atoms with Crippen molar-refractivity contribution in [3.63, 3.8) is 0 Å². The zero-order valence-electron chi connectivity index (χ0n) is 8.79. The summed E-state index contributed by atoms with van der Waals surface area (Å²) in [5.74, 6) is 0.437. The van der Waals surface area contributed by atoms with E-state index < -0.39 is 0 Å². The van der Waals surface area contributed by atoms with Gasteiger partial charge in [0.05, 0.1) is 5.02 Å². The molecule has 0 saturated carbocycles. The third-order valence-electron chi connectivity index (χ3n) is 2.19. The number of hydrogen-bond donors (Lipinski definition) is 0. The zero-order valence-corrected chi connectivity index (χ0v) is 11.9. The summed E-state index contributed by atoms with van der Waals surface area (Å²) in [6.07, 6.45) is 0. The van der Waals surface area contributed by atoms with Crippen molar-refractivity contribution in [1.82, 2.24) is 0 Å². The topological polar surface area (TPSA) is 0 Å². The molecule has 2 aromatic rings. The first kappa shape index (κ1) is 12.9. The van der Waals surface area contributed by atoms with Crippen LogP contribution in [0, 0.1) is 5.82 Å². The number of thioether (sulfide) groups is 1. The maximum Gasteiger partial charge on any atom is 0.142 e. The zero-order chi connectivity index (χ0) is 12.3. The van der Waals surface area contributed by atoms with E-state index in [9.17, 15) is 4.39 Å². The minimum absolute atomic E-state index is 0.164. The molecule has 2 rings (SSSR count). The molecule has 0 N–H and O–H groups in total. The van der Waals surface area contributed by atoms with Gasteiger partial charge in [0.1, 0.15) is 5.82 Å². The molecule has 0 radical (unpaired) electrons.